The summed E-state index contributed by atoms with van der Waals surface area (Å²) in [5, 5.41) is 12.4. The Bertz CT molecular complexity index is 345. The summed E-state index contributed by atoms with van der Waals surface area (Å²) in [5.41, 5.74) is 6.30. The van der Waals surface area contributed by atoms with Crippen LogP contribution in [-0.2, 0) is 6.54 Å². The Hall–Kier alpha value is -1.30. The van der Waals surface area contributed by atoms with Gasteiger partial charge in [-0.15, -0.1) is 0 Å². The van der Waals surface area contributed by atoms with E-state index in [-0.39, 0.29) is 6.54 Å². The molecule has 1 atom stereocenters. The number of nitrogens with two attached hydrogens (primary N) is 1. The van der Waals surface area contributed by atoms with E-state index in [2.05, 4.69) is 5.32 Å². The van der Waals surface area contributed by atoms with Crippen molar-refractivity contribution in [3.8, 4) is 11.5 Å². The summed E-state index contributed by atoms with van der Waals surface area (Å²) >= 11 is 0. The summed E-state index contributed by atoms with van der Waals surface area (Å²) in [6.45, 7) is 1.30. The van der Waals surface area contributed by atoms with Gasteiger partial charge in [0.05, 0.1) is 20.3 Å². The van der Waals surface area contributed by atoms with Crippen LogP contribution in [0.4, 0.5) is 0 Å². The van der Waals surface area contributed by atoms with Crippen LogP contribution >= 0.6 is 0 Å². The molecule has 1 rings (SSSR count). The van der Waals surface area contributed by atoms with Gasteiger partial charge in [-0.3, -0.25) is 0 Å². The lowest BCUT2D eigenvalue weighted by molar-refractivity contribution is 0.179. The van der Waals surface area contributed by atoms with Gasteiger partial charge in [-0.25, -0.2) is 0 Å². The molecule has 0 aliphatic rings. The molecule has 0 saturated heterocycles. The van der Waals surface area contributed by atoms with Crippen molar-refractivity contribution in [2.24, 2.45) is 5.73 Å². The first-order chi connectivity index (χ1) is 8.21. The van der Waals surface area contributed by atoms with Gasteiger partial charge in [0.2, 0.25) is 0 Å². The van der Waals surface area contributed by atoms with Crippen molar-refractivity contribution in [3.05, 3.63) is 23.8 Å². The quantitative estimate of drug-likeness (QED) is 0.631. The number of nitrogens with one attached hydrogen (secondary N) is 1. The molecule has 0 bridgehead atoms. The van der Waals surface area contributed by atoms with Gasteiger partial charge in [0.15, 0.2) is 0 Å². The predicted molar refractivity (Wildman–Crippen MR) is 66.3 cm³/mol. The zero-order chi connectivity index (χ0) is 12.7. The lowest BCUT2D eigenvalue weighted by atomic mass is 10.2. The topological polar surface area (TPSA) is 76.7 Å². The highest BCUT2D eigenvalue weighted by atomic mass is 16.5. The van der Waals surface area contributed by atoms with Crippen molar-refractivity contribution < 1.29 is 14.6 Å². The molecular weight excluding hydrogens is 220 g/mol. The third kappa shape index (κ3) is 4.22. The minimum atomic E-state index is -0.522. The van der Waals surface area contributed by atoms with Crippen LogP contribution in [0.3, 0.4) is 0 Å². The smallest absolute Gasteiger partial charge is 0.123 e. The van der Waals surface area contributed by atoms with Crippen molar-refractivity contribution in [3.63, 3.8) is 0 Å². The molecule has 0 aliphatic carbocycles. The Balaban J connectivity index is 2.61. The van der Waals surface area contributed by atoms with Gasteiger partial charge in [0.1, 0.15) is 11.5 Å². The van der Waals surface area contributed by atoms with E-state index in [1.54, 1.807) is 14.2 Å². The zero-order valence-corrected chi connectivity index (χ0v) is 10.3. The van der Waals surface area contributed by atoms with Gasteiger partial charge in [-0.1, -0.05) is 0 Å². The minimum absolute atomic E-state index is 0.252. The van der Waals surface area contributed by atoms with E-state index in [0.717, 1.165) is 17.1 Å². The van der Waals surface area contributed by atoms with E-state index in [0.29, 0.717) is 13.1 Å². The van der Waals surface area contributed by atoms with E-state index in [9.17, 15) is 5.11 Å². The van der Waals surface area contributed by atoms with Crippen LogP contribution in [0.15, 0.2) is 18.2 Å². The molecule has 96 valence electrons. The Morgan fingerprint density at radius 1 is 1.35 bits per heavy atom. The molecule has 1 aromatic carbocycles. The Labute approximate surface area is 102 Å². The van der Waals surface area contributed by atoms with E-state index in [4.69, 9.17) is 15.2 Å². The van der Waals surface area contributed by atoms with Crippen molar-refractivity contribution in [1.29, 1.82) is 0 Å². The summed E-state index contributed by atoms with van der Waals surface area (Å²) < 4.78 is 10.4. The predicted octanol–water partition coefficient (Wildman–Crippen LogP) is 0.113. The molecule has 0 spiro atoms. The summed E-state index contributed by atoms with van der Waals surface area (Å²) in [6.07, 6.45) is -0.522. The minimum Gasteiger partial charge on any atom is -0.497 e. The molecule has 0 aliphatic heterocycles. The van der Waals surface area contributed by atoms with Crippen LogP contribution in [0.25, 0.3) is 0 Å². The fourth-order valence-corrected chi connectivity index (χ4v) is 1.48. The monoisotopic (exact) mass is 240 g/mol. The molecule has 0 amide bonds. The van der Waals surface area contributed by atoms with E-state index in [1.165, 1.54) is 0 Å². The Morgan fingerprint density at radius 3 is 2.71 bits per heavy atom. The van der Waals surface area contributed by atoms with Crippen molar-refractivity contribution in [1.82, 2.24) is 5.32 Å². The summed E-state index contributed by atoms with van der Waals surface area (Å²) in [7, 11) is 3.25. The molecule has 0 heterocycles. The lowest BCUT2D eigenvalue weighted by Crippen LogP contribution is -2.32. The molecular formula is C12H20N2O3. The number of aliphatic hydroxyl groups is 1. The molecule has 5 nitrogen and oxygen atoms in total. The average Bonchev–Trinajstić information content (AvgIpc) is 2.38. The normalized spacial score (nSPS) is 12.2. The van der Waals surface area contributed by atoms with Crippen molar-refractivity contribution in [2.75, 3.05) is 27.3 Å². The second kappa shape index (κ2) is 7.11. The molecule has 0 radical (unpaired) electrons. The molecule has 1 unspecified atom stereocenters. The Kier molecular flexibility index (Phi) is 5.76. The zero-order valence-electron chi connectivity index (χ0n) is 10.3. The van der Waals surface area contributed by atoms with Gasteiger partial charge >= 0.3 is 0 Å². The highest BCUT2D eigenvalue weighted by Gasteiger charge is 2.06. The van der Waals surface area contributed by atoms with E-state index < -0.39 is 6.10 Å². The van der Waals surface area contributed by atoms with Gasteiger partial charge in [0, 0.05) is 25.2 Å². The van der Waals surface area contributed by atoms with Crippen LogP contribution in [0.1, 0.15) is 5.56 Å². The molecule has 5 heteroatoms. The number of rotatable bonds is 7. The fraction of sp³-hybridized carbons (Fsp3) is 0.500. The lowest BCUT2D eigenvalue weighted by Gasteiger charge is -2.13. The van der Waals surface area contributed by atoms with E-state index >= 15 is 0 Å². The summed E-state index contributed by atoms with van der Waals surface area (Å²) in [6, 6.07) is 5.60. The third-order valence-corrected chi connectivity index (χ3v) is 2.46. The maximum absolute atomic E-state index is 9.32. The number of hydrogen-bond acceptors (Lipinski definition) is 5. The first kappa shape index (κ1) is 13.8. The third-order valence-electron chi connectivity index (χ3n) is 2.46. The number of hydrogen-bond donors (Lipinski definition) is 3. The molecule has 0 aromatic heterocycles. The number of benzene rings is 1. The van der Waals surface area contributed by atoms with Crippen LogP contribution in [0.5, 0.6) is 11.5 Å². The van der Waals surface area contributed by atoms with Crippen LogP contribution in [-0.4, -0.2) is 38.5 Å². The maximum Gasteiger partial charge on any atom is 0.123 e. The standard InChI is InChI=1S/C12H20N2O3/c1-16-11-3-4-12(17-2)9(5-11)7-14-8-10(15)6-13/h3-5,10,14-15H,6-8,13H2,1-2H3. The van der Waals surface area contributed by atoms with Crippen molar-refractivity contribution in [2.45, 2.75) is 12.6 Å². The number of ether oxygens (including phenoxy) is 2. The van der Waals surface area contributed by atoms with Gasteiger partial charge in [-0.05, 0) is 18.2 Å². The second-order valence-corrected chi connectivity index (χ2v) is 3.70. The largest absolute Gasteiger partial charge is 0.497 e. The van der Waals surface area contributed by atoms with Crippen LogP contribution in [0, 0.1) is 0 Å². The van der Waals surface area contributed by atoms with Gasteiger partial charge in [-0.2, -0.15) is 0 Å². The van der Waals surface area contributed by atoms with Gasteiger partial charge in [0.25, 0.3) is 0 Å². The average molecular weight is 240 g/mol. The van der Waals surface area contributed by atoms with E-state index in [1.807, 2.05) is 18.2 Å². The summed E-state index contributed by atoms with van der Waals surface area (Å²) in [4.78, 5) is 0. The first-order valence-corrected chi connectivity index (χ1v) is 5.51. The van der Waals surface area contributed by atoms with Gasteiger partial charge < -0.3 is 25.6 Å². The number of aliphatic hydroxyl groups excluding tert-OH is 1. The SMILES string of the molecule is COc1ccc(OC)c(CNCC(O)CN)c1. The second-order valence-electron chi connectivity index (χ2n) is 3.70. The van der Waals surface area contributed by atoms with Crippen molar-refractivity contribution >= 4 is 0 Å². The van der Waals surface area contributed by atoms with Crippen LogP contribution in [0.2, 0.25) is 0 Å². The molecule has 0 saturated carbocycles. The maximum atomic E-state index is 9.32. The van der Waals surface area contributed by atoms with Crippen LogP contribution < -0.4 is 20.5 Å². The Morgan fingerprint density at radius 2 is 2.12 bits per heavy atom. The number of methoxy groups -OCH3 is 2. The molecule has 17 heavy (non-hydrogen) atoms. The first-order valence-electron chi connectivity index (χ1n) is 5.51. The highest BCUT2D eigenvalue weighted by Crippen LogP contribution is 2.23. The molecule has 1 aromatic rings. The highest BCUT2D eigenvalue weighted by molar-refractivity contribution is 5.40. The molecule has 4 N–H and O–H groups in total. The fourth-order valence-electron chi connectivity index (χ4n) is 1.48. The molecule has 0 fully saturated rings. The summed E-state index contributed by atoms with van der Waals surface area (Å²) in [5.74, 6) is 1.57.